The second-order valence-corrected chi connectivity index (χ2v) is 4.77. The Bertz CT molecular complexity index is 192. The topological polar surface area (TPSA) is 0 Å². The van der Waals surface area contributed by atoms with Crippen LogP contribution in [-0.4, -0.2) is 11.3 Å². The first-order valence-corrected chi connectivity index (χ1v) is 5.86. The van der Waals surface area contributed by atoms with Crippen molar-refractivity contribution in [2.45, 2.75) is 37.6 Å². The van der Waals surface area contributed by atoms with E-state index in [9.17, 15) is 13.2 Å². The van der Waals surface area contributed by atoms with Gasteiger partial charge in [-0.15, -0.1) is 0 Å². The van der Waals surface area contributed by atoms with Crippen LogP contribution in [0.25, 0.3) is 0 Å². The molecule has 0 saturated heterocycles. The Labute approximate surface area is 86.9 Å². The predicted molar refractivity (Wildman–Crippen MR) is 54.2 cm³/mol. The van der Waals surface area contributed by atoms with Crippen LogP contribution < -0.4 is 0 Å². The van der Waals surface area contributed by atoms with Crippen LogP contribution in [-0.2, 0) is 0 Å². The molecule has 14 heavy (non-hydrogen) atoms. The van der Waals surface area contributed by atoms with Crippen LogP contribution >= 0.6 is 11.8 Å². The van der Waals surface area contributed by atoms with E-state index in [1.54, 1.807) is 0 Å². The number of hydrogen-bond acceptors (Lipinski definition) is 1. The first-order chi connectivity index (χ1) is 6.49. The first-order valence-electron chi connectivity index (χ1n) is 4.87. The molecule has 0 aromatic carbocycles. The van der Waals surface area contributed by atoms with E-state index in [-0.39, 0.29) is 17.5 Å². The highest BCUT2D eigenvalue weighted by Crippen LogP contribution is 2.36. The van der Waals surface area contributed by atoms with Crippen LogP contribution in [0.15, 0.2) is 12.2 Å². The maximum Gasteiger partial charge on any atom is 0.442 e. The number of halogens is 3. The standard InChI is InChI=1S/C10H15F3S/c1-8(7-14-10(11,12)13)9-5-3-2-4-6-9/h9H,1-7H2. The Morgan fingerprint density at radius 1 is 1.21 bits per heavy atom. The third-order valence-corrected chi connectivity index (χ3v) is 3.45. The molecule has 1 rings (SSSR count). The van der Waals surface area contributed by atoms with E-state index in [0.29, 0.717) is 5.92 Å². The molecule has 1 aliphatic rings. The predicted octanol–water partition coefficient (Wildman–Crippen LogP) is 4.38. The summed E-state index contributed by atoms with van der Waals surface area (Å²) in [5, 5.41) is 0. The summed E-state index contributed by atoms with van der Waals surface area (Å²) in [4.78, 5) is 0. The minimum Gasteiger partial charge on any atom is -0.160 e. The molecule has 4 heteroatoms. The van der Waals surface area contributed by atoms with Crippen LogP contribution in [0, 0.1) is 5.92 Å². The normalized spacial score (nSPS) is 19.6. The van der Waals surface area contributed by atoms with Crippen LogP contribution in [0.3, 0.4) is 0 Å². The number of rotatable bonds is 3. The van der Waals surface area contributed by atoms with Gasteiger partial charge in [-0.25, -0.2) is 0 Å². The molecule has 0 aliphatic heterocycles. The van der Waals surface area contributed by atoms with Gasteiger partial charge in [-0.3, -0.25) is 0 Å². The fourth-order valence-corrected chi connectivity index (χ4v) is 2.39. The van der Waals surface area contributed by atoms with Gasteiger partial charge in [0.05, 0.1) is 0 Å². The summed E-state index contributed by atoms with van der Waals surface area (Å²) < 4.78 is 35.7. The molecule has 0 N–H and O–H groups in total. The average Bonchev–Trinajstić information content (AvgIpc) is 2.14. The molecule has 0 bridgehead atoms. The molecular formula is C10H15F3S. The number of thioether (sulfide) groups is 1. The molecule has 1 aliphatic carbocycles. The molecule has 0 aromatic rings. The van der Waals surface area contributed by atoms with Crippen molar-refractivity contribution in [2.24, 2.45) is 5.92 Å². The molecule has 1 fully saturated rings. The van der Waals surface area contributed by atoms with E-state index in [1.807, 2.05) is 0 Å². The van der Waals surface area contributed by atoms with E-state index in [4.69, 9.17) is 0 Å². The Balaban J connectivity index is 2.27. The molecule has 0 spiro atoms. The van der Waals surface area contributed by atoms with Crippen LogP contribution in [0.2, 0.25) is 0 Å². The highest BCUT2D eigenvalue weighted by Gasteiger charge is 2.29. The van der Waals surface area contributed by atoms with Gasteiger partial charge >= 0.3 is 5.51 Å². The van der Waals surface area contributed by atoms with Gasteiger partial charge in [0.25, 0.3) is 0 Å². The van der Waals surface area contributed by atoms with Gasteiger partial charge in [-0.05, 0) is 30.5 Å². The maximum atomic E-state index is 11.9. The molecular weight excluding hydrogens is 209 g/mol. The summed E-state index contributed by atoms with van der Waals surface area (Å²) in [6.45, 7) is 3.76. The Kier molecular flexibility index (Phi) is 4.35. The first kappa shape index (κ1) is 12.0. The minimum atomic E-state index is -4.11. The Hall–Kier alpha value is -0.120. The largest absolute Gasteiger partial charge is 0.442 e. The highest BCUT2D eigenvalue weighted by atomic mass is 32.2. The lowest BCUT2D eigenvalue weighted by Gasteiger charge is -2.23. The van der Waals surface area contributed by atoms with Gasteiger partial charge in [0.1, 0.15) is 0 Å². The average molecular weight is 224 g/mol. The molecule has 82 valence electrons. The molecule has 0 atom stereocenters. The highest BCUT2D eigenvalue weighted by molar-refractivity contribution is 8.00. The van der Waals surface area contributed by atoms with Crippen molar-refractivity contribution in [2.75, 3.05) is 5.75 Å². The summed E-state index contributed by atoms with van der Waals surface area (Å²) >= 11 is 0.0358. The zero-order chi connectivity index (χ0) is 10.6. The van der Waals surface area contributed by atoms with Crippen molar-refractivity contribution < 1.29 is 13.2 Å². The maximum absolute atomic E-state index is 11.9. The van der Waals surface area contributed by atoms with E-state index in [1.165, 1.54) is 6.42 Å². The Morgan fingerprint density at radius 2 is 1.79 bits per heavy atom. The smallest absolute Gasteiger partial charge is 0.160 e. The van der Waals surface area contributed by atoms with Gasteiger partial charge < -0.3 is 0 Å². The molecule has 1 saturated carbocycles. The van der Waals surface area contributed by atoms with Crippen molar-refractivity contribution in [3.63, 3.8) is 0 Å². The molecule has 0 unspecified atom stereocenters. The third-order valence-electron chi connectivity index (χ3n) is 2.60. The monoisotopic (exact) mass is 224 g/mol. The van der Waals surface area contributed by atoms with Gasteiger partial charge in [-0.2, -0.15) is 13.2 Å². The third kappa shape index (κ3) is 4.40. The summed E-state index contributed by atoms with van der Waals surface area (Å²) in [7, 11) is 0. The lowest BCUT2D eigenvalue weighted by Crippen LogP contribution is -2.12. The van der Waals surface area contributed by atoms with Gasteiger partial charge in [0, 0.05) is 5.75 Å². The van der Waals surface area contributed by atoms with Crippen molar-refractivity contribution >= 4 is 11.8 Å². The van der Waals surface area contributed by atoms with Gasteiger partial charge in [-0.1, -0.05) is 31.4 Å². The van der Waals surface area contributed by atoms with E-state index < -0.39 is 5.51 Å². The molecule has 0 nitrogen and oxygen atoms in total. The zero-order valence-electron chi connectivity index (χ0n) is 8.07. The van der Waals surface area contributed by atoms with Crippen LogP contribution in [0.4, 0.5) is 13.2 Å². The second kappa shape index (κ2) is 5.10. The SMILES string of the molecule is C=C(CSC(F)(F)F)C1CCCCC1. The Morgan fingerprint density at radius 3 is 2.29 bits per heavy atom. The van der Waals surface area contributed by atoms with Crippen molar-refractivity contribution in [3.8, 4) is 0 Å². The summed E-state index contributed by atoms with van der Waals surface area (Å²) in [5.41, 5.74) is -3.34. The summed E-state index contributed by atoms with van der Waals surface area (Å²) in [6.07, 6.45) is 5.55. The van der Waals surface area contributed by atoms with Crippen molar-refractivity contribution in [3.05, 3.63) is 12.2 Å². The quantitative estimate of drug-likeness (QED) is 0.641. The van der Waals surface area contributed by atoms with E-state index in [0.717, 1.165) is 31.3 Å². The minimum absolute atomic E-state index is 0.0358. The molecule has 0 radical (unpaired) electrons. The number of alkyl halides is 3. The van der Waals surface area contributed by atoms with Crippen LogP contribution in [0.5, 0.6) is 0 Å². The number of hydrogen-bond donors (Lipinski definition) is 0. The second-order valence-electron chi connectivity index (χ2n) is 3.73. The summed E-state index contributed by atoms with van der Waals surface area (Å²) in [6, 6.07) is 0. The summed E-state index contributed by atoms with van der Waals surface area (Å²) in [5.74, 6) is 0.368. The fraction of sp³-hybridized carbons (Fsp3) is 0.800. The van der Waals surface area contributed by atoms with Crippen LogP contribution in [0.1, 0.15) is 32.1 Å². The molecule has 0 aromatic heterocycles. The zero-order valence-corrected chi connectivity index (χ0v) is 8.89. The lowest BCUT2D eigenvalue weighted by atomic mass is 9.85. The molecule has 0 amide bonds. The van der Waals surface area contributed by atoms with E-state index in [2.05, 4.69) is 6.58 Å². The fourth-order valence-electron chi connectivity index (χ4n) is 1.80. The van der Waals surface area contributed by atoms with E-state index >= 15 is 0 Å². The lowest BCUT2D eigenvalue weighted by molar-refractivity contribution is -0.0326. The van der Waals surface area contributed by atoms with Gasteiger partial charge in [0.15, 0.2) is 0 Å². The molecule has 0 heterocycles. The van der Waals surface area contributed by atoms with Crippen molar-refractivity contribution in [1.82, 2.24) is 0 Å². The van der Waals surface area contributed by atoms with Crippen molar-refractivity contribution in [1.29, 1.82) is 0 Å². The van der Waals surface area contributed by atoms with Gasteiger partial charge in [0.2, 0.25) is 0 Å².